The number of hydrogen-bond donors (Lipinski definition) is 1. The predicted molar refractivity (Wildman–Crippen MR) is 96.6 cm³/mol. The van der Waals surface area contributed by atoms with E-state index in [1.165, 1.54) is 0 Å². The Morgan fingerprint density at radius 3 is 2.12 bits per heavy atom. The summed E-state index contributed by atoms with van der Waals surface area (Å²) >= 11 is 11.3. The molecule has 3 amide bonds. The highest BCUT2D eigenvalue weighted by molar-refractivity contribution is 6.38. The lowest BCUT2D eigenvalue weighted by atomic mass is 10.2. The second-order valence-electron chi connectivity index (χ2n) is 5.79. The highest BCUT2D eigenvalue weighted by Gasteiger charge is 2.51. The molecular weight excluding hydrogens is 519 g/mol. The van der Waals surface area contributed by atoms with E-state index in [1.807, 2.05) is 0 Å². The van der Waals surface area contributed by atoms with Crippen molar-refractivity contribution in [3.63, 3.8) is 0 Å². The Morgan fingerprint density at radius 1 is 1.03 bits per heavy atom. The molecule has 0 aromatic heterocycles. The number of carbonyl (C=O) groups is 2. The SMILES string of the molecule is O=C(NC(=O)N(Cl)c1ccc(OC(F)(F)C(F)OC(F)(F)F)c(Cl)c1)c1c(F)cccc1F. The van der Waals surface area contributed by atoms with Gasteiger partial charge in [0.15, 0.2) is 0 Å². The van der Waals surface area contributed by atoms with Crippen LogP contribution in [0.5, 0.6) is 5.75 Å². The third-order valence-electron chi connectivity index (χ3n) is 3.48. The minimum atomic E-state index is -5.73. The average Bonchev–Trinajstić information content (AvgIpc) is 2.67. The number of hydrogen-bond acceptors (Lipinski definition) is 4. The van der Waals surface area contributed by atoms with Gasteiger partial charge >= 0.3 is 24.9 Å². The van der Waals surface area contributed by atoms with E-state index in [-0.39, 0.29) is 4.42 Å². The second-order valence-corrected chi connectivity index (χ2v) is 6.54. The van der Waals surface area contributed by atoms with E-state index >= 15 is 0 Å². The van der Waals surface area contributed by atoms with Crippen molar-refractivity contribution >= 4 is 41.0 Å². The molecule has 6 nitrogen and oxygen atoms in total. The Labute approximate surface area is 188 Å². The number of benzene rings is 2. The van der Waals surface area contributed by atoms with Crippen LogP contribution < -0.4 is 14.5 Å². The normalized spacial score (nSPS) is 12.8. The van der Waals surface area contributed by atoms with Crippen LogP contribution in [0.3, 0.4) is 0 Å². The average molecular weight is 527 g/mol. The Balaban J connectivity index is 2.13. The molecule has 0 spiro atoms. The molecule has 2 aromatic carbocycles. The van der Waals surface area contributed by atoms with Crippen LogP contribution in [0.4, 0.5) is 45.6 Å². The molecule has 0 saturated carbocycles. The molecule has 2 aromatic rings. The number of alkyl halides is 6. The fraction of sp³-hybridized carbons (Fsp3) is 0.176. The molecule has 16 heteroatoms. The molecule has 0 radical (unpaired) electrons. The van der Waals surface area contributed by atoms with Gasteiger partial charge in [-0.3, -0.25) is 10.1 Å². The molecule has 0 bridgehead atoms. The van der Waals surface area contributed by atoms with E-state index in [0.29, 0.717) is 12.1 Å². The molecule has 0 fully saturated rings. The van der Waals surface area contributed by atoms with Crippen molar-refractivity contribution < 1.29 is 54.2 Å². The number of rotatable bonds is 6. The number of carbonyl (C=O) groups excluding carboxylic acids is 2. The zero-order chi connectivity index (χ0) is 25.1. The van der Waals surface area contributed by atoms with Crippen LogP contribution in [0.2, 0.25) is 5.02 Å². The lowest BCUT2D eigenvalue weighted by molar-refractivity contribution is -0.411. The third kappa shape index (κ3) is 6.82. The van der Waals surface area contributed by atoms with Crippen LogP contribution in [-0.4, -0.2) is 30.8 Å². The summed E-state index contributed by atoms with van der Waals surface area (Å²) in [4.78, 5) is 24.0. The predicted octanol–water partition coefficient (Wildman–Crippen LogP) is 5.93. The molecule has 0 aliphatic rings. The maximum Gasteiger partial charge on any atom is 0.525 e. The summed E-state index contributed by atoms with van der Waals surface area (Å²) in [5.41, 5.74) is -1.51. The molecule has 0 aliphatic carbocycles. The van der Waals surface area contributed by atoms with E-state index in [1.54, 1.807) is 5.32 Å². The van der Waals surface area contributed by atoms with E-state index < -0.39 is 64.4 Å². The monoisotopic (exact) mass is 526 g/mol. The van der Waals surface area contributed by atoms with Crippen LogP contribution in [0, 0.1) is 11.6 Å². The first-order chi connectivity index (χ1) is 15.1. The van der Waals surface area contributed by atoms with Gasteiger partial charge in [-0.05, 0) is 30.3 Å². The van der Waals surface area contributed by atoms with Gasteiger partial charge in [0.1, 0.15) is 22.9 Å². The van der Waals surface area contributed by atoms with Gasteiger partial charge in [-0.2, -0.15) is 8.78 Å². The van der Waals surface area contributed by atoms with Gasteiger partial charge in [0.05, 0.1) is 10.7 Å². The van der Waals surface area contributed by atoms with Crippen molar-refractivity contribution in [2.24, 2.45) is 0 Å². The molecule has 0 aliphatic heterocycles. The fourth-order valence-corrected chi connectivity index (χ4v) is 2.47. The summed E-state index contributed by atoms with van der Waals surface area (Å²) in [5.74, 6) is -5.11. The topological polar surface area (TPSA) is 67.9 Å². The number of anilines is 1. The quantitative estimate of drug-likeness (QED) is 0.374. The zero-order valence-electron chi connectivity index (χ0n) is 15.4. The first kappa shape index (κ1) is 26.4. The number of ether oxygens (including phenoxy) is 2. The summed E-state index contributed by atoms with van der Waals surface area (Å²) in [6, 6.07) is 3.01. The molecule has 33 heavy (non-hydrogen) atoms. The smallest absolute Gasteiger partial charge is 0.427 e. The second kappa shape index (κ2) is 9.97. The minimum absolute atomic E-state index is 0.148. The Kier molecular flexibility index (Phi) is 7.98. The van der Waals surface area contributed by atoms with E-state index in [0.717, 1.165) is 24.3 Å². The maximum atomic E-state index is 13.6. The zero-order valence-corrected chi connectivity index (χ0v) is 16.9. The van der Waals surface area contributed by atoms with Crippen molar-refractivity contribution in [1.29, 1.82) is 0 Å². The van der Waals surface area contributed by atoms with Gasteiger partial charge in [-0.25, -0.2) is 27.1 Å². The van der Waals surface area contributed by atoms with Gasteiger partial charge in [-0.1, -0.05) is 17.7 Å². The summed E-state index contributed by atoms with van der Waals surface area (Å²) < 4.78 is 110. The molecule has 1 unspecified atom stereocenters. The van der Waals surface area contributed by atoms with Crippen molar-refractivity contribution in [1.82, 2.24) is 5.32 Å². The molecule has 180 valence electrons. The molecule has 1 atom stereocenters. The van der Waals surface area contributed by atoms with Crippen molar-refractivity contribution in [3.05, 3.63) is 58.6 Å². The summed E-state index contributed by atoms with van der Waals surface area (Å²) in [6.07, 6.45) is -15.1. The van der Waals surface area contributed by atoms with Gasteiger partial charge in [0, 0.05) is 11.8 Å². The van der Waals surface area contributed by atoms with Crippen molar-refractivity contribution in [3.8, 4) is 5.75 Å². The molecular formula is C17H8Cl2F8N2O4. The highest BCUT2D eigenvalue weighted by atomic mass is 35.5. The van der Waals surface area contributed by atoms with E-state index in [2.05, 4.69) is 9.47 Å². The molecule has 0 heterocycles. The number of urea groups is 1. The highest BCUT2D eigenvalue weighted by Crippen LogP contribution is 2.36. The number of amides is 3. The van der Waals surface area contributed by atoms with Crippen LogP contribution in [-0.2, 0) is 4.74 Å². The van der Waals surface area contributed by atoms with Crippen molar-refractivity contribution in [2.75, 3.05) is 4.42 Å². The van der Waals surface area contributed by atoms with E-state index in [4.69, 9.17) is 23.4 Å². The lowest BCUT2D eigenvalue weighted by Gasteiger charge is -2.23. The van der Waals surface area contributed by atoms with E-state index in [9.17, 15) is 44.7 Å². The Morgan fingerprint density at radius 2 is 1.61 bits per heavy atom. The standard InChI is InChI=1S/C17H8Cl2F8N2O4/c18-8-6-7(4-5-11(8)32-16(23,24)14(22)33-17(25,26)27)29(19)15(31)28-13(30)12-9(20)2-1-3-10(12)21/h1-6,14H,(H,28,30,31). The van der Waals surface area contributed by atoms with Crippen molar-refractivity contribution in [2.45, 2.75) is 18.8 Å². The molecule has 1 N–H and O–H groups in total. The number of nitrogens with zero attached hydrogens (tertiary/aromatic N) is 1. The van der Waals surface area contributed by atoms with Gasteiger partial charge in [-0.15, -0.1) is 13.2 Å². The minimum Gasteiger partial charge on any atom is -0.427 e. The summed E-state index contributed by atoms with van der Waals surface area (Å²) in [6.45, 7) is 0. The maximum absolute atomic E-state index is 13.6. The van der Waals surface area contributed by atoms with Gasteiger partial charge in [0.2, 0.25) is 0 Å². The first-order valence-corrected chi connectivity index (χ1v) is 8.84. The lowest BCUT2D eigenvalue weighted by Crippen LogP contribution is -2.41. The number of halogens is 10. The summed E-state index contributed by atoms with van der Waals surface area (Å²) in [5, 5.41) is 0.773. The van der Waals surface area contributed by atoms with Gasteiger partial charge in [0.25, 0.3) is 5.91 Å². The van der Waals surface area contributed by atoms with Crippen LogP contribution in [0.25, 0.3) is 0 Å². The van der Waals surface area contributed by atoms with Crippen LogP contribution >= 0.6 is 23.4 Å². The Bertz CT molecular complexity index is 1030. The Hall–Kier alpha value is -2.84. The summed E-state index contributed by atoms with van der Waals surface area (Å²) in [7, 11) is 0. The fourth-order valence-electron chi connectivity index (χ4n) is 2.11. The largest absolute Gasteiger partial charge is 0.525 e. The molecule has 2 rings (SSSR count). The first-order valence-electron chi connectivity index (χ1n) is 8.12. The third-order valence-corrected chi connectivity index (χ3v) is 4.12. The van der Waals surface area contributed by atoms with Crippen LogP contribution in [0.1, 0.15) is 10.4 Å². The molecule has 0 saturated heterocycles. The number of imide groups is 1. The van der Waals surface area contributed by atoms with Crippen LogP contribution in [0.15, 0.2) is 36.4 Å². The number of nitrogens with one attached hydrogen (secondary N) is 1. The van der Waals surface area contributed by atoms with Gasteiger partial charge < -0.3 is 4.74 Å².